The van der Waals surface area contributed by atoms with Gasteiger partial charge in [0, 0.05) is 30.0 Å². The van der Waals surface area contributed by atoms with Crippen molar-refractivity contribution in [2.45, 2.75) is 26.3 Å². The molecule has 1 saturated heterocycles. The Morgan fingerprint density at radius 2 is 2.19 bits per heavy atom. The van der Waals surface area contributed by atoms with Gasteiger partial charge in [0.2, 0.25) is 5.88 Å². The van der Waals surface area contributed by atoms with Gasteiger partial charge < -0.3 is 25.2 Å². The molecule has 31 heavy (non-hydrogen) atoms. The minimum Gasteiger partial charge on any atom is -0.481 e. The molecule has 0 spiro atoms. The molecule has 1 aliphatic rings. The second-order valence-corrected chi connectivity index (χ2v) is 7.79. The van der Waals surface area contributed by atoms with Crippen LogP contribution in [0.15, 0.2) is 41.3 Å². The van der Waals surface area contributed by atoms with Crippen molar-refractivity contribution in [3.63, 3.8) is 0 Å². The number of nitrogens with one attached hydrogen (secondary N) is 3. The van der Waals surface area contributed by atoms with Crippen LogP contribution in [0.5, 0.6) is 5.88 Å². The number of fused-ring (bicyclic) bond motifs is 1. The lowest BCUT2D eigenvalue weighted by atomic mass is 9.95. The fraction of sp³-hybridized carbons (Fsp3) is 0.292. The Bertz CT molecular complexity index is 1250. The summed E-state index contributed by atoms with van der Waals surface area (Å²) in [6, 6.07) is 5.95. The van der Waals surface area contributed by atoms with Gasteiger partial charge in [-0.3, -0.25) is 4.79 Å². The number of hydrogen-bond donors (Lipinski definition) is 3. The Hall–Kier alpha value is -3.45. The van der Waals surface area contributed by atoms with E-state index in [0.717, 1.165) is 45.8 Å². The first-order valence-corrected chi connectivity index (χ1v) is 10.2. The lowest BCUT2D eigenvalue weighted by molar-refractivity contribution is 0.125. The van der Waals surface area contributed by atoms with Crippen molar-refractivity contribution in [1.82, 2.24) is 9.97 Å². The first-order chi connectivity index (χ1) is 14.9. The molecule has 1 aliphatic heterocycles. The molecule has 1 atom stereocenters. The van der Waals surface area contributed by atoms with E-state index in [1.165, 1.54) is 0 Å². The highest BCUT2D eigenvalue weighted by Crippen LogP contribution is 2.34. The van der Waals surface area contributed by atoms with E-state index >= 15 is 0 Å². The Morgan fingerprint density at radius 3 is 2.90 bits per heavy atom. The van der Waals surface area contributed by atoms with Crippen molar-refractivity contribution >= 4 is 22.8 Å². The van der Waals surface area contributed by atoms with Crippen molar-refractivity contribution in [3.05, 3.63) is 63.6 Å². The highest BCUT2D eigenvalue weighted by Gasteiger charge is 2.21. The Kier molecular flexibility index (Phi) is 5.61. The summed E-state index contributed by atoms with van der Waals surface area (Å²) in [5, 5.41) is 12.1. The summed E-state index contributed by atoms with van der Waals surface area (Å²) < 4.78 is 10.8. The molecular formula is C24H26N4O3. The molecule has 1 aromatic carbocycles. The van der Waals surface area contributed by atoms with Crippen LogP contribution in [0.2, 0.25) is 0 Å². The van der Waals surface area contributed by atoms with E-state index in [1.807, 2.05) is 32.0 Å². The van der Waals surface area contributed by atoms with Gasteiger partial charge in [0.05, 0.1) is 36.5 Å². The van der Waals surface area contributed by atoms with E-state index in [1.54, 1.807) is 13.3 Å². The van der Waals surface area contributed by atoms with Crippen molar-refractivity contribution in [3.8, 4) is 17.0 Å². The highest BCUT2D eigenvalue weighted by molar-refractivity contribution is 6.02. The van der Waals surface area contributed by atoms with Gasteiger partial charge in [0.1, 0.15) is 0 Å². The number of benzene rings is 1. The van der Waals surface area contributed by atoms with Gasteiger partial charge >= 0.3 is 0 Å². The molecule has 2 aromatic heterocycles. The molecule has 0 aliphatic carbocycles. The molecule has 1 unspecified atom stereocenters. The molecule has 0 saturated carbocycles. The molecule has 3 N–H and O–H groups in total. The maximum atomic E-state index is 12.8. The van der Waals surface area contributed by atoms with Crippen LogP contribution < -0.4 is 15.6 Å². The molecule has 0 amide bonds. The van der Waals surface area contributed by atoms with Crippen molar-refractivity contribution in [1.29, 1.82) is 5.41 Å². The number of aromatic nitrogens is 2. The number of hydrogen-bond acceptors (Lipinski definition) is 6. The van der Waals surface area contributed by atoms with Crippen molar-refractivity contribution in [2.24, 2.45) is 0 Å². The van der Waals surface area contributed by atoms with Gasteiger partial charge in [-0.25, -0.2) is 4.98 Å². The fourth-order valence-corrected chi connectivity index (χ4v) is 4.19. The summed E-state index contributed by atoms with van der Waals surface area (Å²) in [7, 11) is 1.60. The summed E-state index contributed by atoms with van der Waals surface area (Å²) in [6.07, 6.45) is 3.65. The second kappa shape index (κ2) is 8.35. The Morgan fingerprint density at radius 1 is 1.39 bits per heavy atom. The van der Waals surface area contributed by atoms with Crippen LogP contribution in [0.4, 0.5) is 5.69 Å². The number of pyridine rings is 2. The van der Waals surface area contributed by atoms with Crippen LogP contribution in [0.3, 0.4) is 0 Å². The molecule has 7 nitrogen and oxygen atoms in total. The maximum absolute atomic E-state index is 12.8. The second-order valence-electron chi connectivity index (χ2n) is 7.79. The number of H-pyrrole nitrogens is 1. The zero-order valence-corrected chi connectivity index (χ0v) is 18.0. The summed E-state index contributed by atoms with van der Waals surface area (Å²) >= 11 is 0. The molecule has 7 heteroatoms. The Balaban J connectivity index is 1.88. The summed E-state index contributed by atoms with van der Waals surface area (Å²) in [4.78, 5) is 20.0. The van der Waals surface area contributed by atoms with Crippen LogP contribution in [-0.2, 0) is 4.74 Å². The normalized spacial score (nSPS) is 16.4. The summed E-state index contributed by atoms with van der Waals surface area (Å²) in [5.74, 6) is 0.578. The van der Waals surface area contributed by atoms with Crippen LogP contribution in [-0.4, -0.2) is 42.5 Å². The van der Waals surface area contributed by atoms with Crippen LogP contribution in [0, 0.1) is 19.3 Å². The lowest BCUT2D eigenvalue weighted by Crippen LogP contribution is -2.31. The standard InChI is InChI=1S/C24H26N4O3/c1-13-11-26-24(30-4)15(3)21(13)16-5-6-17-20(9-16)28-23(29)18(10-25)22(17)27-19-7-8-31-12-14(19)2/h5-6,9-11,19,25H,2,7-8,12H2,1,3-4H3,(H2,27,28,29). The predicted molar refractivity (Wildman–Crippen MR) is 124 cm³/mol. The molecule has 3 aromatic rings. The molecule has 1 fully saturated rings. The van der Waals surface area contributed by atoms with Gasteiger partial charge in [0.15, 0.2) is 0 Å². The quantitative estimate of drug-likeness (QED) is 0.430. The van der Waals surface area contributed by atoms with Crippen LogP contribution >= 0.6 is 0 Å². The molecule has 3 heterocycles. The number of aromatic amines is 1. The minimum atomic E-state index is -0.305. The number of anilines is 1. The molecule has 0 bridgehead atoms. The molecular weight excluding hydrogens is 392 g/mol. The van der Waals surface area contributed by atoms with Gasteiger partial charge in [-0.05, 0) is 48.6 Å². The number of aryl methyl sites for hydroxylation is 1. The lowest BCUT2D eigenvalue weighted by Gasteiger charge is -2.27. The summed E-state index contributed by atoms with van der Waals surface area (Å²) in [5.41, 5.74) is 6.23. The van der Waals surface area contributed by atoms with Gasteiger partial charge in [-0.15, -0.1) is 0 Å². The average Bonchev–Trinajstić information content (AvgIpc) is 2.75. The average molecular weight is 418 g/mol. The number of nitrogens with zero attached hydrogens (tertiary/aromatic N) is 1. The molecule has 4 rings (SSSR count). The van der Waals surface area contributed by atoms with E-state index in [0.29, 0.717) is 35.9 Å². The largest absolute Gasteiger partial charge is 0.481 e. The van der Waals surface area contributed by atoms with Crippen LogP contribution in [0.25, 0.3) is 22.0 Å². The topological polar surface area (TPSA) is 100 Å². The monoisotopic (exact) mass is 418 g/mol. The predicted octanol–water partition coefficient (Wildman–Crippen LogP) is 3.97. The number of rotatable bonds is 5. The third-order valence-electron chi connectivity index (χ3n) is 5.79. The van der Waals surface area contributed by atoms with Gasteiger partial charge in [0.25, 0.3) is 5.56 Å². The SMILES string of the molecule is C=C1COCCC1Nc1c(C=N)c(=O)[nH]c2cc(-c3c(C)cnc(OC)c3C)ccc12. The van der Waals surface area contributed by atoms with E-state index in [2.05, 4.69) is 21.9 Å². The molecule has 0 radical (unpaired) electrons. The number of methoxy groups -OCH3 is 1. The highest BCUT2D eigenvalue weighted by atomic mass is 16.5. The third kappa shape index (κ3) is 3.72. The van der Waals surface area contributed by atoms with Crippen molar-refractivity contribution < 1.29 is 9.47 Å². The Labute approximate surface area is 180 Å². The first-order valence-electron chi connectivity index (χ1n) is 10.2. The van der Waals surface area contributed by atoms with Gasteiger partial charge in [-0.1, -0.05) is 18.7 Å². The van der Waals surface area contributed by atoms with Crippen LogP contribution in [0.1, 0.15) is 23.1 Å². The van der Waals surface area contributed by atoms with E-state index in [-0.39, 0.29) is 11.6 Å². The third-order valence-corrected chi connectivity index (χ3v) is 5.79. The summed E-state index contributed by atoms with van der Waals surface area (Å²) in [6.45, 7) is 9.19. The first kappa shape index (κ1) is 20.8. The van der Waals surface area contributed by atoms with E-state index < -0.39 is 0 Å². The number of ether oxygens (including phenoxy) is 2. The smallest absolute Gasteiger partial charge is 0.259 e. The zero-order chi connectivity index (χ0) is 22.1. The van der Waals surface area contributed by atoms with Crippen molar-refractivity contribution in [2.75, 3.05) is 25.6 Å². The van der Waals surface area contributed by atoms with E-state index in [9.17, 15) is 4.79 Å². The van der Waals surface area contributed by atoms with Gasteiger partial charge in [-0.2, -0.15) is 0 Å². The fourth-order valence-electron chi connectivity index (χ4n) is 4.19. The minimum absolute atomic E-state index is 0.00826. The maximum Gasteiger partial charge on any atom is 0.259 e. The molecule has 160 valence electrons. The van der Waals surface area contributed by atoms with E-state index in [4.69, 9.17) is 14.9 Å². The zero-order valence-electron chi connectivity index (χ0n) is 18.0.